The summed E-state index contributed by atoms with van der Waals surface area (Å²) in [6.45, 7) is 0.974. The van der Waals surface area contributed by atoms with Crippen molar-refractivity contribution in [3.63, 3.8) is 0 Å². The summed E-state index contributed by atoms with van der Waals surface area (Å²) in [5.41, 5.74) is 0. The Morgan fingerprint density at radius 1 is 1.42 bits per heavy atom. The fourth-order valence-electron chi connectivity index (χ4n) is 1.35. The van der Waals surface area contributed by atoms with E-state index in [9.17, 15) is 13.6 Å². The molecule has 1 nitrogen and oxygen atoms in total. The quantitative estimate of drug-likeness (QED) is 0.671. The molecule has 0 atom stereocenters. The number of Topliss-reactive ketones (excluding diaryl/α,β-unsaturated/α-hetero) is 1. The Hall–Kier alpha value is -0.120. The maximum Gasteiger partial charge on any atom is 0.307 e. The number of halogens is 2. The number of alkyl halides is 2. The molecule has 1 heterocycles. The Bertz CT molecular complexity index is 176. The van der Waals surface area contributed by atoms with Crippen LogP contribution < -0.4 is 0 Å². The number of carbonyl (C=O) groups excluding carboxylic acids is 1. The molecule has 1 aliphatic heterocycles. The molecule has 1 rings (SSSR count). The van der Waals surface area contributed by atoms with Gasteiger partial charge < -0.3 is 0 Å². The second-order valence-corrected chi connectivity index (χ2v) is 4.29. The summed E-state index contributed by atoms with van der Waals surface area (Å²) in [7, 11) is 0. The van der Waals surface area contributed by atoms with Crippen LogP contribution in [-0.2, 0) is 4.79 Å². The average molecular weight is 194 g/mol. The zero-order valence-electron chi connectivity index (χ0n) is 6.98. The van der Waals surface area contributed by atoms with Gasteiger partial charge >= 0.3 is 5.92 Å². The Balaban J connectivity index is 2.59. The standard InChI is InChI=1S/C8H12F2OS/c1-6(11)8(9,10)7-2-4-12-5-3-7/h7H,2-5H2,1H3. The van der Waals surface area contributed by atoms with E-state index in [4.69, 9.17) is 0 Å². The topological polar surface area (TPSA) is 17.1 Å². The summed E-state index contributed by atoms with van der Waals surface area (Å²) in [6, 6.07) is 0. The van der Waals surface area contributed by atoms with E-state index in [1.807, 2.05) is 0 Å². The predicted molar refractivity (Wildman–Crippen MR) is 45.7 cm³/mol. The summed E-state index contributed by atoms with van der Waals surface area (Å²) < 4.78 is 26.1. The molecule has 0 saturated carbocycles. The van der Waals surface area contributed by atoms with Gasteiger partial charge in [0.25, 0.3) is 0 Å². The van der Waals surface area contributed by atoms with Crippen molar-refractivity contribution in [3.8, 4) is 0 Å². The minimum atomic E-state index is -3.08. The lowest BCUT2D eigenvalue weighted by Gasteiger charge is -2.27. The summed E-state index contributed by atoms with van der Waals surface area (Å²) in [5, 5.41) is 0. The van der Waals surface area contributed by atoms with Crippen molar-refractivity contribution in [2.45, 2.75) is 25.7 Å². The average Bonchev–Trinajstić information content (AvgIpc) is 2.06. The van der Waals surface area contributed by atoms with Crippen molar-refractivity contribution in [3.05, 3.63) is 0 Å². The molecule has 1 saturated heterocycles. The highest BCUT2D eigenvalue weighted by Crippen LogP contribution is 2.35. The van der Waals surface area contributed by atoms with E-state index in [1.54, 1.807) is 11.8 Å². The van der Waals surface area contributed by atoms with Crippen LogP contribution in [0.5, 0.6) is 0 Å². The van der Waals surface area contributed by atoms with Gasteiger partial charge in [0.1, 0.15) is 0 Å². The lowest BCUT2D eigenvalue weighted by molar-refractivity contribution is -0.149. The maximum atomic E-state index is 13.1. The molecule has 70 valence electrons. The number of rotatable bonds is 2. The monoisotopic (exact) mass is 194 g/mol. The first-order valence-electron chi connectivity index (χ1n) is 4.01. The molecule has 0 aromatic rings. The van der Waals surface area contributed by atoms with Crippen LogP contribution in [0.1, 0.15) is 19.8 Å². The second-order valence-electron chi connectivity index (χ2n) is 3.07. The molecule has 0 amide bonds. The van der Waals surface area contributed by atoms with Crippen LogP contribution in [0.3, 0.4) is 0 Å². The largest absolute Gasteiger partial charge is 0.307 e. The molecule has 12 heavy (non-hydrogen) atoms. The van der Waals surface area contributed by atoms with Gasteiger partial charge in [0.2, 0.25) is 0 Å². The van der Waals surface area contributed by atoms with E-state index in [0.717, 1.165) is 18.4 Å². The molecule has 0 radical (unpaired) electrons. The van der Waals surface area contributed by atoms with Gasteiger partial charge in [-0.25, -0.2) is 0 Å². The molecule has 1 fully saturated rings. The van der Waals surface area contributed by atoms with Crippen molar-refractivity contribution in [1.29, 1.82) is 0 Å². The van der Waals surface area contributed by atoms with E-state index < -0.39 is 17.6 Å². The van der Waals surface area contributed by atoms with Crippen LogP contribution in [0.25, 0.3) is 0 Å². The smallest absolute Gasteiger partial charge is 0.293 e. The van der Waals surface area contributed by atoms with Crippen molar-refractivity contribution < 1.29 is 13.6 Å². The van der Waals surface area contributed by atoms with Crippen LogP contribution >= 0.6 is 11.8 Å². The predicted octanol–water partition coefficient (Wildman–Crippen LogP) is 2.35. The Morgan fingerprint density at radius 2 is 1.92 bits per heavy atom. The number of hydrogen-bond donors (Lipinski definition) is 0. The minimum Gasteiger partial charge on any atom is -0.293 e. The van der Waals surface area contributed by atoms with E-state index >= 15 is 0 Å². The van der Waals surface area contributed by atoms with Crippen LogP contribution in [-0.4, -0.2) is 23.2 Å². The molecule has 0 aromatic carbocycles. The highest BCUT2D eigenvalue weighted by molar-refractivity contribution is 7.99. The zero-order valence-corrected chi connectivity index (χ0v) is 7.79. The highest BCUT2D eigenvalue weighted by atomic mass is 32.2. The van der Waals surface area contributed by atoms with Gasteiger partial charge in [-0.15, -0.1) is 0 Å². The number of thioether (sulfide) groups is 1. The molecular weight excluding hydrogens is 182 g/mol. The summed E-state index contributed by atoms with van der Waals surface area (Å²) in [4.78, 5) is 10.6. The molecule has 0 N–H and O–H groups in total. The molecule has 0 aliphatic carbocycles. The van der Waals surface area contributed by atoms with Crippen molar-refractivity contribution in [2.24, 2.45) is 5.92 Å². The van der Waals surface area contributed by atoms with E-state index in [0.29, 0.717) is 12.8 Å². The van der Waals surface area contributed by atoms with Gasteiger partial charge in [-0.05, 0) is 24.3 Å². The van der Waals surface area contributed by atoms with Crippen molar-refractivity contribution >= 4 is 17.5 Å². The second kappa shape index (κ2) is 3.73. The van der Waals surface area contributed by atoms with Crippen LogP contribution in [0.4, 0.5) is 8.78 Å². The van der Waals surface area contributed by atoms with Crippen LogP contribution in [0.2, 0.25) is 0 Å². The van der Waals surface area contributed by atoms with Crippen LogP contribution in [0.15, 0.2) is 0 Å². The third-order valence-electron chi connectivity index (χ3n) is 2.20. The maximum absolute atomic E-state index is 13.1. The molecule has 0 spiro atoms. The van der Waals surface area contributed by atoms with E-state index in [-0.39, 0.29) is 0 Å². The zero-order chi connectivity index (χ0) is 9.19. The van der Waals surface area contributed by atoms with Gasteiger partial charge in [0, 0.05) is 12.8 Å². The summed E-state index contributed by atoms with van der Waals surface area (Å²) in [6.07, 6.45) is 0.939. The highest BCUT2D eigenvalue weighted by Gasteiger charge is 2.44. The van der Waals surface area contributed by atoms with Gasteiger partial charge in [-0.1, -0.05) is 0 Å². The number of ketones is 1. The fourth-order valence-corrected chi connectivity index (χ4v) is 2.45. The van der Waals surface area contributed by atoms with E-state index in [2.05, 4.69) is 0 Å². The first-order valence-corrected chi connectivity index (χ1v) is 5.17. The first kappa shape index (κ1) is 9.96. The van der Waals surface area contributed by atoms with Gasteiger partial charge in [-0.3, -0.25) is 4.79 Å². The first-order chi connectivity index (χ1) is 5.55. The molecule has 0 bridgehead atoms. The van der Waals surface area contributed by atoms with Crippen molar-refractivity contribution in [2.75, 3.05) is 11.5 Å². The number of hydrogen-bond acceptors (Lipinski definition) is 2. The summed E-state index contributed by atoms with van der Waals surface area (Å²) in [5.74, 6) is -3.27. The Labute approximate surface area is 74.9 Å². The lowest BCUT2D eigenvalue weighted by Crippen LogP contribution is -2.37. The van der Waals surface area contributed by atoms with Crippen molar-refractivity contribution in [1.82, 2.24) is 0 Å². The Kier molecular flexibility index (Phi) is 3.09. The third kappa shape index (κ3) is 1.97. The fraction of sp³-hybridized carbons (Fsp3) is 0.875. The lowest BCUT2D eigenvalue weighted by atomic mass is 9.93. The third-order valence-corrected chi connectivity index (χ3v) is 3.25. The normalized spacial score (nSPS) is 20.9. The van der Waals surface area contributed by atoms with E-state index in [1.165, 1.54) is 0 Å². The van der Waals surface area contributed by atoms with Gasteiger partial charge in [0.15, 0.2) is 5.78 Å². The minimum absolute atomic E-state index is 0.469. The van der Waals surface area contributed by atoms with Gasteiger partial charge in [-0.2, -0.15) is 20.5 Å². The Morgan fingerprint density at radius 3 is 2.33 bits per heavy atom. The molecule has 0 unspecified atom stereocenters. The van der Waals surface area contributed by atoms with Crippen LogP contribution in [0, 0.1) is 5.92 Å². The molecule has 0 aromatic heterocycles. The molecular formula is C8H12F2OS. The molecule has 4 heteroatoms. The molecule has 1 aliphatic rings. The SMILES string of the molecule is CC(=O)C(F)(F)C1CCSCC1. The number of carbonyl (C=O) groups is 1. The summed E-state index contributed by atoms with van der Waals surface area (Å²) >= 11 is 1.68. The van der Waals surface area contributed by atoms with Gasteiger partial charge in [0.05, 0.1) is 0 Å².